The molecule has 1 aliphatic heterocycles. The van der Waals surface area contributed by atoms with Crippen molar-refractivity contribution in [1.82, 2.24) is 24.6 Å². The number of nitrogens with zero attached hydrogens (tertiary/aromatic N) is 5. The first kappa shape index (κ1) is 21.7. The lowest BCUT2D eigenvalue weighted by Crippen LogP contribution is -2.27. The number of amides is 1. The highest BCUT2D eigenvalue weighted by atomic mass is 35.5. The van der Waals surface area contributed by atoms with Crippen LogP contribution in [0.5, 0.6) is 0 Å². The van der Waals surface area contributed by atoms with E-state index in [2.05, 4.69) is 15.0 Å². The molecule has 5 rings (SSSR count). The molecule has 0 saturated carbocycles. The van der Waals surface area contributed by atoms with Crippen molar-refractivity contribution in [2.75, 3.05) is 13.1 Å². The van der Waals surface area contributed by atoms with E-state index in [1.165, 1.54) is 29.3 Å². The lowest BCUT2D eigenvalue weighted by molar-refractivity contribution is 0.0551. The van der Waals surface area contributed by atoms with Gasteiger partial charge in [-0.1, -0.05) is 23.2 Å². The molecular weight excluding hydrogens is 472 g/mol. The van der Waals surface area contributed by atoms with Crippen molar-refractivity contribution in [3.05, 3.63) is 64.1 Å². The first-order valence-corrected chi connectivity index (χ1v) is 11.1. The molecule has 4 aromatic rings. The summed E-state index contributed by atoms with van der Waals surface area (Å²) in [4.78, 5) is 33.2. The van der Waals surface area contributed by atoms with Crippen LogP contribution in [0.1, 0.15) is 42.1 Å². The average molecular weight is 490 g/mol. The quantitative estimate of drug-likeness (QED) is 0.368. The molecule has 1 aliphatic rings. The summed E-state index contributed by atoms with van der Waals surface area (Å²) in [6.07, 6.45) is 5.88. The van der Waals surface area contributed by atoms with E-state index in [0.29, 0.717) is 41.3 Å². The highest BCUT2D eigenvalue weighted by Crippen LogP contribution is 2.33. The lowest BCUT2D eigenvalue weighted by atomic mass is 10.1. The van der Waals surface area contributed by atoms with E-state index in [4.69, 9.17) is 32.5 Å². The second-order valence-corrected chi connectivity index (χ2v) is 8.42. The van der Waals surface area contributed by atoms with Crippen molar-refractivity contribution in [1.29, 1.82) is 0 Å². The third kappa shape index (κ3) is 4.02. The van der Waals surface area contributed by atoms with Crippen LogP contribution in [0.2, 0.25) is 10.0 Å². The van der Waals surface area contributed by atoms with Gasteiger partial charge in [-0.25, -0.2) is 14.4 Å². The van der Waals surface area contributed by atoms with E-state index in [1.54, 1.807) is 24.1 Å². The molecule has 1 amide bonds. The number of aromatic nitrogens is 4. The van der Waals surface area contributed by atoms with Crippen LogP contribution in [0, 0.1) is 5.82 Å². The second kappa shape index (κ2) is 8.64. The Morgan fingerprint density at radius 1 is 1.18 bits per heavy atom. The zero-order valence-electron chi connectivity index (χ0n) is 17.5. The molecular formula is C22H18Cl2FN5O3. The maximum Gasteiger partial charge on any atom is 0.309 e. The van der Waals surface area contributed by atoms with Crippen LogP contribution in [0.15, 0.2) is 41.2 Å². The molecule has 0 N–H and O–H groups in total. The Bertz CT molecular complexity index is 1350. The van der Waals surface area contributed by atoms with Crippen molar-refractivity contribution in [3.8, 4) is 11.5 Å². The lowest BCUT2D eigenvalue weighted by Gasteiger charge is -2.18. The molecule has 0 aliphatic carbocycles. The molecule has 8 nitrogen and oxygen atoms in total. The van der Waals surface area contributed by atoms with E-state index in [0.717, 1.165) is 12.8 Å². The van der Waals surface area contributed by atoms with Gasteiger partial charge in [-0.2, -0.15) is 4.73 Å². The number of halogens is 3. The Morgan fingerprint density at radius 2 is 1.97 bits per heavy atom. The third-order valence-electron chi connectivity index (χ3n) is 5.45. The standard InChI is InChI=1S/C22H18Cl2FN5O3/c1-12(18-13(23)4-5-14(25)19(18)24)33-30-9-6-15-20(30)28-16(10-26-15)17-11-27-21(32-17)22(31)29-7-2-3-8-29/h4-6,9-12H,2-3,7-8H2,1H3. The van der Waals surface area contributed by atoms with Gasteiger partial charge >= 0.3 is 5.91 Å². The highest BCUT2D eigenvalue weighted by molar-refractivity contribution is 6.36. The van der Waals surface area contributed by atoms with E-state index in [1.807, 2.05) is 0 Å². The predicted octanol–water partition coefficient (Wildman–Crippen LogP) is 4.96. The molecule has 33 heavy (non-hydrogen) atoms. The van der Waals surface area contributed by atoms with Crippen molar-refractivity contribution in [3.63, 3.8) is 0 Å². The molecule has 1 unspecified atom stereocenters. The number of carbonyl (C=O) groups excluding carboxylic acids is 1. The molecule has 4 heterocycles. The molecule has 170 valence electrons. The van der Waals surface area contributed by atoms with Gasteiger partial charge in [-0.3, -0.25) is 9.78 Å². The molecule has 0 bridgehead atoms. The van der Waals surface area contributed by atoms with Crippen LogP contribution < -0.4 is 4.84 Å². The van der Waals surface area contributed by atoms with Crippen molar-refractivity contribution < 1.29 is 18.4 Å². The number of rotatable bonds is 5. The summed E-state index contributed by atoms with van der Waals surface area (Å²) >= 11 is 12.3. The third-order valence-corrected chi connectivity index (χ3v) is 6.16. The van der Waals surface area contributed by atoms with Crippen LogP contribution in [-0.4, -0.2) is 43.6 Å². The SMILES string of the molecule is CC(On1ccc2ncc(-c3cnc(C(=O)N4CCCC4)o3)nc21)c1c(Cl)ccc(F)c1Cl. The Labute approximate surface area is 197 Å². The molecule has 11 heteroatoms. The first-order valence-electron chi connectivity index (χ1n) is 10.3. The summed E-state index contributed by atoms with van der Waals surface area (Å²) < 4.78 is 21.0. The van der Waals surface area contributed by atoms with Gasteiger partial charge in [0, 0.05) is 29.9 Å². The summed E-state index contributed by atoms with van der Waals surface area (Å²) in [6, 6.07) is 4.34. The van der Waals surface area contributed by atoms with Crippen LogP contribution >= 0.6 is 23.2 Å². The number of carbonyl (C=O) groups is 1. The van der Waals surface area contributed by atoms with Crippen LogP contribution in [0.4, 0.5) is 4.39 Å². The number of hydrogen-bond donors (Lipinski definition) is 0. The van der Waals surface area contributed by atoms with Crippen molar-refractivity contribution >= 4 is 40.3 Å². The number of benzene rings is 1. The summed E-state index contributed by atoms with van der Waals surface area (Å²) in [5.41, 5.74) is 1.67. The second-order valence-electron chi connectivity index (χ2n) is 7.64. The van der Waals surface area contributed by atoms with Gasteiger partial charge in [0.05, 0.1) is 17.4 Å². The van der Waals surface area contributed by atoms with Crippen molar-refractivity contribution in [2.24, 2.45) is 0 Å². The smallest absolute Gasteiger partial charge is 0.309 e. The van der Waals surface area contributed by atoms with Crippen LogP contribution in [0.25, 0.3) is 22.6 Å². The minimum absolute atomic E-state index is 0.0180. The van der Waals surface area contributed by atoms with E-state index < -0.39 is 11.9 Å². The minimum atomic E-state index is -0.684. The van der Waals surface area contributed by atoms with Crippen LogP contribution in [-0.2, 0) is 0 Å². The fraction of sp³-hybridized carbons (Fsp3) is 0.273. The number of hydrogen-bond acceptors (Lipinski definition) is 6. The summed E-state index contributed by atoms with van der Waals surface area (Å²) in [7, 11) is 0. The molecule has 1 saturated heterocycles. The molecule has 0 radical (unpaired) electrons. The fourth-order valence-electron chi connectivity index (χ4n) is 3.77. The predicted molar refractivity (Wildman–Crippen MR) is 120 cm³/mol. The largest absolute Gasteiger partial charge is 0.431 e. The normalized spacial score (nSPS) is 14.7. The number of likely N-dealkylation sites (tertiary alicyclic amines) is 1. The Balaban J connectivity index is 1.43. The summed E-state index contributed by atoms with van der Waals surface area (Å²) in [5, 5.41) is 0.184. The van der Waals surface area contributed by atoms with Gasteiger partial charge in [0.25, 0.3) is 5.89 Å². The van der Waals surface area contributed by atoms with Gasteiger partial charge in [-0.15, -0.1) is 0 Å². The van der Waals surface area contributed by atoms with E-state index in [-0.39, 0.29) is 21.8 Å². The highest BCUT2D eigenvalue weighted by Gasteiger charge is 2.25. The molecule has 0 spiro atoms. The van der Waals surface area contributed by atoms with Gasteiger partial charge in [0.15, 0.2) is 17.5 Å². The van der Waals surface area contributed by atoms with E-state index in [9.17, 15) is 9.18 Å². The molecule has 1 fully saturated rings. The molecule has 1 atom stereocenters. The first-order chi connectivity index (χ1) is 15.9. The Kier molecular flexibility index (Phi) is 5.67. The Hall–Kier alpha value is -3.17. The van der Waals surface area contributed by atoms with Gasteiger partial charge in [0.2, 0.25) is 0 Å². The van der Waals surface area contributed by atoms with Gasteiger partial charge in [0.1, 0.15) is 17.0 Å². The monoisotopic (exact) mass is 489 g/mol. The van der Waals surface area contributed by atoms with Crippen molar-refractivity contribution in [2.45, 2.75) is 25.9 Å². The zero-order valence-corrected chi connectivity index (χ0v) is 19.0. The zero-order chi connectivity index (χ0) is 23.1. The summed E-state index contributed by atoms with van der Waals surface area (Å²) in [5.74, 6) is -0.499. The summed E-state index contributed by atoms with van der Waals surface area (Å²) in [6.45, 7) is 3.09. The van der Waals surface area contributed by atoms with E-state index >= 15 is 0 Å². The van der Waals surface area contributed by atoms with Gasteiger partial charge in [-0.05, 0) is 38.0 Å². The van der Waals surface area contributed by atoms with Crippen LogP contribution in [0.3, 0.4) is 0 Å². The fourth-order valence-corrected chi connectivity index (χ4v) is 4.44. The number of oxazole rings is 1. The Morgan fingerprint density at radius 3 is 2.76 bits per heavy atom. The average Bonchev–Trinajstić information content (AvgIpc) is 3.57. The molecule has 3 aromatic heterocycles. The number of fused-ring (bicyclic) bond motifs is 1. The molecule has 1 aromatic carbocycles. The minimum Gasteiger partial charge on any atom is -0.431 e. The van der Waals surface area contributed by atoms with Gasteiger partial charge < -0.3 is 14.2 Å². The topological polar surface area (TPSA) is 86.3 Å². The maximum atomic E-state index is 13.9. The maximum absolute atomic E-state index is 13.9.